The number of rotatable bonds is 7. The van der Waals surface area contributed by atoms with Crippen molar-refractivity contribution in [1.29, 1.82) is 0 Å². The van der Waals surface area contributed by atoms with Crippen LogP contribution in [0.2, 0.25) is 0 Å². The summed E-state index contributed by atoms with van der Waals surface area (Å²) in [6.07, 6.45) is 3.58. The Balaban J connectivity index is 1.61. The van der Waals surface area contributed by atoms with E-state index in [2.05, 4.69) is 20.8 Å². The highest BCUT2D eigenvalue weighted by atomic mass is 32.1. The molecular weight excluding hydrogens is 378 g/mol. The molecule has 0 unspecified atom stereocenters. The standard InChI is InChI=1S/C19H17N5O3S/c25-17(20-14-8-9-14)12-27-19(26)16(11-15-7-4-10-28-15)24-18(21-22-23-24)13-5-2-1-3-6-13/h1-7,10-11,14H,8-9,12H2,(H,20,25)/b16-11-. The second-order valence-corrected chi connectivity index (χ2v) is 7.22. The van der Waals surface area contributed by atoms with Crippen molar-refractivity contribution in [3.8, 4) is 11.4 Å². The fourth-order valence-electron chi connectivity index (χ4n) is 2.53. The molecule has 9 heteroatoms. The number of carbonyl (C=O) groups is 2. The van der Waals surface area contributed by atoms with Gasteiger partial charge >= 0.3 is 5.97 Å². The second kappa shape index (κ2) is 8.13. The average Bonchev–Trinajstić information content (AvgIpc) is 3.18. The molecule has 0 spiro atoms. The molecule has 4 rings (SSSR count). The van der Waals surface area contributed by atoms with Crippen LogP contribution in [0.25, 0.3) is 23.2 Å². The summed E-state index contributed by atoms with van der Waals surface area (Å²) >= 11 is 1.46. The molecule has 1 N–H and O–H groups in total. The fraction of sp³-hybridized carbons (Fsp3) is 0.211. The van der Waals surface area contributed by atoms with Crippen molar-refractivity contribution in [3.63, 3.8) is 0 Å². The summed E-state index contributed by atoms with van der Waals surface area (Å²) in [5.74, 6) is -0.585. The van der Waals surface area contributed by atoms with Gasteiger partial charge in [0.2, 0.25) is 0 Å². The van der Waals surface area contributed by atoms with Crippen LogP contribution in [-0.4, -0.2) is 44.7 Å². The summed E-state index contributed by atoms with van der Waals surface area (Å²) in [7, 11) is 0. The van der Waals surface area contributed by atoms with Crippen LogP contribution >= 0.6 is 11.3 Å². The molecule has 2 aromatic heterocycles. The average molecular weight is 395 g/mol. The molecule has 1 fully saturated rings. The number of nitrogens with zero attached hydrogens (tertiary/aromatic N) is 4. The minimum atomic E-state index is -0.677. The number of esters is 1. The smallest absolute Gasteiger partial charge is 0.357 e. The van der Waals surface area contributed by atoms with Gasteiger partial charge in [0, 0.05) is 16.5 Å². The first kappa shape index (κ1) is 18.1. The van der Waals surface area contributed by atoms with E-state index in [1.54, 1.807) is 6.08 Å². The molecule has 1 aliphatic rings. The number of ether oxygens (including phenoxy) is 1. The topological polar surface area (TPSA) is 99.0 Å². The highest BCUT2D eigenvalue weighted by Gasteiger charge is 2.25. The van der Waals surface area contributed by atoms with Crippen molar-refractivity contribution >= 4 is 35.0 Å². The maximum Gasteiger partial charge on any atom is 0.357 e. The molecule has 1 aromatic carbocycles. The van der Waals surface area contributed by atoms with Crippen LogP contribution in [0.15, 0.2) is 47.8 Å². The van der Waals surface area contributed by atoms with Gasteiger partial charge in [0.15, 0.2) is 18.1 Å². The van der Waals surface area contributed by atoms with Gasteiger partial charge in [-0.2, -0.15) is 4.68 Å². The monoisotopic (exact) mass is 395 g/mol. The minimum Gasteiger partial charge on any atom is -0.451 e. The number of hydrogen-bond acceptors (Lipinski definition) is 7. The predicted molar refractivity (Wildman–Crippen MR) is 104 cm³/mol. The maximum atomic E-state index is 12.8. The summed E-state index contributed by atoms with van der Waals surface area (Å²) in [6, 6.07) is 13.2. The van der Waals surface area contributed by atoms with E-state index in [0.29, 0.717) is 5.82 Å². The SMILES string of the molecule is O=C(COC(=O)/C(=C/c1cccs1)n1nnnc1-c1ccccc1)NC1CC1. The summed E-state index contributed by atoms with van der Waals surface area (Å²) < 4.78 is 6.56. The molecular formula is C19H17N5O3S. The van der Waals surface area contributed by atoms with Crippen molar-refractivity contribution in [3.05, 3.63) is 52.7 Å². The third-order valence-electron chi connectivity index (χ3n) is 4.04. The van der Waals surface area contributed by atoms with Crippen LogP contribution in [0.4, 0.5) is 0 Å². The Hall–Kier alpha value is -3.33. The van der Waals surface area contributed by atoms with Crippen molar-refractivity contribution in [2.24, 2.45) is 0 Å². The van der Waals surface area contributed by atoms with Crippen LogP contribution in [0.3, 0.4) is 0 Å². The minimum absolute atomic E-state index is 0.130. The Bertz CT molecular complexity index is 994. The number of aromatic nitrogens is 4. The largest absolute Gasteiger partial charge is 0.451 e. The molecule has 8 nitrogen and oxygen atoms in total. The van der Waals surface area contributed by atoms with E-state index in [4.69, 9.17) is 4.74 Å². The normalized spacial score (nSPS) is 13.9. The summed E-state index contributed by atoms with van der Waals surface area (Å²) in [5.41, 5.74) is 0.884. The van der Waals surface area contributed by atoms with E-state index in [-0.39, 0.29) is 24.3 Å². The van der Waals surface area contributed by atoms with Gasteiger partial charge in [-0.3, -0.25) is 4.79 Å². The van der Waals surface area contributed by atoms with Gasteiger partial charge in [-0.1, -0.05) is 36.4 Å². The van der Waals surface area contributed by atoms with Gasteiger partial charge < -0.3 is 10.1 Å². The zero-order valence-electron chi connectivity index (χ0n) is 14.8. The van der Waals surface area contributed by atoms with Crippen molar-refractivity contribution < 1.29 is 14.3 Å². The zero-order chi connectivity index (χ0) is 19.3. The molecule has 28 heavy (non-hydrogen) atoms. The molecule has 0 saturated heterocycles. The number of amides is 1. The molecule has 1 saturated carbocycles. The van der Waals surface area contributed by atoms with Crippen LogP contribution in [0, 0.1) is 0 Å². The van der Waals surface area contributed by atoms with Crippen LogP contribution in [-0.2, 0) is 14.3 Å². The lowest BCUT2D eigenvalue weighted by molar-refractivity contribution is -0.143. The van der Waals surface area contributed by atoms with Gasteiger partial charge in [-0.25, -0.2) is 4.79 Å². The number of tetrazole rings is 1. The Morgan fingerprint density at radius 1 is 1.21 bits per heavy atom. The Morgan fingerprint density at radius 3 is 2.75 bits per heavy atom. The van der Waals surface area contributed by atoms with E-state index in [1.165, 1.54) is 16.0 Å². The first-order valence-corrected chi connectivity index (χ1v) is 9.64. The Kier molecular flexibility index (Phi) is 5.24. The molecule has 1 amide bonds. The molecule has 0 bridgehead atoms. The van der Waals surface area contributed by atoms with Gasteiger partial charge in [0.1, 0.15) is 0 Å². The Labute approximate surface area is 164 Å². The molecule has 1 aliphatic carbocycles. The number of hydrogen-bond donors (Lipinski definition) is 1. The lowest BCUT2D eigenvalue weighted by Crippen LogP contribution is -2.31. The number of thiophene rings is 1. The first-order chi connectivity index (χ1) is 13.7. The lowest BCUT2D eigenvalue weighted by Gasteiger charge is -2.10. The Morgan fingerprint density at radius 2 is 2.04 bits per heavy atom. The number of carbonyl (C=O) groups excluding carboxylic acids is 2. The van der Waals surface area contributed by atoms with E-state index in [0.717, 1.165) is 23.3 Å². The highest BCUT2D eigenvalue weighted by Crippen LogP contribution is 2.23. The summed E-state index contributed by atoms with van der Waals surface area (Å²) in [6.45, 7) is -0.347. The van der Waals surface area contributed by atoms with Gasteiger partial charge in [0.25, 0.3) is 5.91 Å². The maximum absolute atomic E-state index is 12.8. The van der Waals surface area contributed by atoms with Gasteiger partial charge in [0.05, 0.1) is 0 Å². The second-order valence-electron chi connectivity index (χ2n) is 6.24. The van der Waals surface area contributed by atoms with Gasteiger partial charge in [-0.05, 0) is 40.8 Å². The number of benzene rings is 1. The van der Waals surface area contributed by atoms with Crippen molar-refractivity contribution in [2.75, 3.05) is 6.61 Å². The molecule has 142 valence electrons. The quantitative estimate of drug-likeness (QED) is 0.486. The van der Waals surface area contributed by atoms with Crippen LogP contribution in [0.1, 0.15) is 17.7 Å². The molecule has 0 aliphatic heterocycles. The fourth-order valence-corrected chi connectivity index (χ4v) is 3.18. The molecule has 0 atom stereocenters. The summed E-state index contributed by atoms with van der Waals surface area (Å²) in [4.78, 5) is 25.5. The van der Waals surface area contributed by atoms with Gasteiger partial charge in [-0.15, -0.1) is 16.4 Å². The third kappa shape index (κ3) is 4.32. The van der Waals surface area contributed by atoms with Crippen LogP contribution < -0.4 is 5.32 Å². The van der Waals surface area contributed by atoms with E-state index < -0.39 is 5.97 Å². The molecule has 3 aromatic rings. The predicted octanol–water partition coefficient (Wildman–Crippen LogP) is 2.22. The third-order valence-corrected chi connectivity index (χ3v) is 4.86. The van der Waals surface area contributed by atoms with Crippen LogP contribution in [0.5, 0.6) is 0 Å². The molecule has 0 radical (unpaired) electrons. The lowest BCUT2D eigenvalue weighted by atomic mass is 10.2. The summed E-state index contributed by atoms with van der Waals surface area (Å²) in [5, 5.41) is 16.4. The first-order valence-electron chi connectivity index (χ1n) is 8.76. The van der Waals surface area contributed by atoms with Crippen molar-refractivity contribution in [2.45, 2.75) is 18.9 Å². The van der Waals surface area contributed by atoms with E-state index in [9.17, 15) is 9.59 Å². The zero-order valence-corrected chi connectivity index (χ0v) is 15.6. The van der Waals surface area contributed by atoms with E-state index >= 15 is 0 Å². The number of nitrogens with one attached hydrogen (secondary N) is 1. The highest BCUT2D eigenvalue weighted by molar-refractivity contribution is 7.10. The van der Waals surface area contributed by atoms with E-state index in [1.807, 2.05) is 47.8 Å². The molecule has 2 heterocycles. The van der Waals surface area contributed by atoms with Crippen molar-refractivity contribution in [1.82, 2.24) is 25.5 Å².